The Bertz CT molecular complexity index is 594. The first-order valence-electron chi connectivity index (χ1n) is 7.72. The van der Waals surface area contributed by atoms with Crippen molar-refractivity contribution >= 4 is 11.0 Å². The first-order chi connectivity index (χ1) is 10.4. The molecule has 1 saturated heterocycles. The zero-order valence-corrected chi connectivity index (χ0v) is 12.3. The molecule has 1 atom stereocenters. The van der Waals surface area contributed by atoms with Crippen LogP contribution in [0.15, 0.2) is 41.3 Å². The highest BCUT2D eigenvalue weighted by Gasteiger charge is 2.16. The number of hydrogen-bond acceptors (Lipinski definition) is 3. The van der Waals surface area contributed by atoms with E-state index >= 15 is 0 Å². The molecule has 21 heavy (non-hydrogen) atoms. The molecule has 2 heterocycles. The highest BCUT2D eigenvalue weighted by Crippen LogP contribution is 2.27. The number of para-hydroxylation sites is 1. The maximum atomic E-state index is 5.92. The Morgan fingerprint density at radius 3 is 3.00 bits per heavy atom. The van der Waals surface area contributed by atoms with Crippen LogP contribution in [0.1, 0.15) is 30.6 Å². The first kappa shape index (κ1) is 14.4. The lowest BCUT2D eigenvalue weighted by atomic mass is 10.1. The molecule has 0 spiro atoms. The summed E-state index contributed by atoms with van der Waals surface area (Å²) in [4.78, 5) is 0. The largest absolute Gasteiger partial charge is 0.460 e. The summed E-state index contributed by atoms with van der Waals surface area (Å²) < 4.78 is 17.4. The Hall–Kier alpha value is -1.58. The van der Waals surface area contributed by atoms with E-state index in [0.29, 0.717) is 6.61 Å². The fourth-order valence-corrected chi connectivity index (χ4v) is 2.85. The highest BCUT2D eigenvalue weighted by atomic mass is 16.7. The van der Waals surface area contributed by atoms with Crippen molar-refractivity contribution in [2.24, 2.45) is 0 Å². The van der Waals surface area contributed by atoms with Crippen LogP contribution < -0.4 is 0 Å². The van der Waals surface area contributed by atoms with Crippen LogP contribution in [0.25, 0.3) is 11.0 Å². The summed E-state index contributed by atoms with van der Waals surface area (Å²) in [5.74, 6) is 0.999. The molecular weight excluding hydrogens is 264 g/mol. The third-order valence-electron chi connectivity index (χ3n) is 3.91. The van der Waals surface area contributed by atoms with Gasteiger partial charge in [0.25, 0.3) is 0 Å². The quantitative estimate of drug-likeness (QED) is 0.744. The zero-order valence-electron chi connectivity index (χ0n) is 12.3. The van der Waals surface area contributed by atoms with E-state index < -0.39 is 0 Å². The molecule has 1 unspecified atom stereocenters. The lowest BCUT2D eigenvalue weighted by molar-refractivity contribution is -0.161. The molecule has 3 heteroatoms. The van der Waals surface area contributed by atoms with Crippen LogP contribution in [0.5, 0.6) is 0 Å². The molecule has 0 amide bonds. The van der Waals surface area contributed by atoms with Gasteiger partial charge in [0.05, 0.1) is 6.61 Å². The van der Waals surface area contributed by atoms with E-state index in [-0.39, 0.29) is 6.29 Å². The molecule has 1 aliphatic rings. The number of hydrogen-bond donors (Lipinski definition) is 0. The monoisotopic (exact) mass is 286 g/mol. The molecular formula is C18H22O3. The fourth-order valence-electron chi connectivity index (χ4n) is 2.85. The second kappa shape index (κ2) is 6.92. The minimum absolute atomic E-state index is 0.0280. The Balaban J connectivity index is 1.69. The van der Waals surface area contributed by atoms with E-state index in [4.69, 9.17) is 13.9 Å². The summed E-state index contributed by atoms with van der Waals surface area (Å²) >= 11 is 0. The van der Waals surface area contributed by atoms with Gasteiger partial charge in [0.2, 0.25) is 0 Å². The van der Waals surface area contributed by atoms with E-state index in [0.717, 1.165) is 43.6 Å². The van der Waals surface area contributed by atoms with E-state index in [9.17, 15) is 0 Å². The van der Waals surface area contributed by atoms with Gasteiger partial charge >= 0.3 is 0 Å². The van der Waals surface area contributed by atoms with Crippen LogP contribution in [0.2, 0.25) is 0 Å². The summed E-state index contributed by atoms with van der Waals surface area (Å²) in [6.07, 6.45) is 6.80. The summed E-state index contributed by atoms with van der Waals surface area (Å²) in [5, 5.41) is 1.18. The topological polar surface area (TPSA) is 31.6 Å². The van der Waals surface area contributed by atoms with Gasteiger partial charge in [-0.15, -0.1) is 6.58 Å². The SMILES string of the molecule is C=CCc1oc2ccccc2c1CCOC1CCCCO1. The summed E-state index contributed by atoms with van der Waals surface area (Å²) in [6.45, 7) is 5.30. The number of furan rings is 1. The predicted octanol–water partition coefficient (Wildman–Crippen LogP) is 4.25. The zero-order chi connectivity index (χ0) is 14.5. The molecule has 112 valence electrons. The van der Waals surface area contributed by atoms with Crippen molar-refractivity contribution in [3.05, 3.63) is 48.2 Å². The van der Waals surface area contributed by atoms with Gasteiger partial charge in [-0.1, -0.05) is 24.3 Å². The van der Waals surface area contributed by atoms with Gasteiger partial charge in [0.1, 0.15) is 11.3 Å². The average molecular weight is 286 g/mol. The van der Waals surface area contributed by atoms with Crippen molar-refractivity contribution in [1.82, 2.24) is 0 Å². The molecule has 3 rings (SSSR count). The van der Waals surface area contributed by atoms with Gasteiger partial charge in [0.15, 0.2) is 6.29 Å². The van der Waals surface area contributed by atoms with Gasteiger partial charge < -0.3 is 13.9 Å². The van der Waals surface area contributed by atoms with Gasteiger partial charge in [-0.05, 0) is 31.7 Å². The molecule has 0 N–H and O–H groups in total. The molecule has 1 aromatic heterocycles. The molecule has 0 saturated carbocycles. The Labute approximate surface area is 125 Å². The van der Waals surface area contributed by atoms with Gasteiger partial charge in [-0.2, -0.15) is 0 Å². The van der Waals surface area contributed by atoms with Crippen LogP contribution in [-0.4, -0.2) is 19.5 Å². The normalized spacial score (nSPS) is 19.0. The molecule has 1 aromatic carbocycles. The number of ether oxygens (including phenoxy) is 2. The lowest BCUT2D eigenvalue weighted by Crippen LogP contribution is -2.23. The second-order valence-electron chi connectivity index (χ2n) is 5.41. The fraction of sp³-hybridized carbons (Fsp3) is 0.444. The van der Waals surface area contributed by atoms with Gasteiger partial charge in [-0.3, -0.25) is 0 Å². The van der Waals surface area contributed by atoms with Crippen LogP contribution in [0, 0.1) is 0 Å². The number of allylic oxidation sites excluding steroid dienone is 1. The Kier molecular flexibility index (Phi) is 4.73. The van der Waals surface area contributed by atoms with Crippen LogP contribution >= 0.6 is 0 Å². The predicted molar refractivity (Wildman–Crippen MR) is 83.4 cm³/mol. The second-order valence-corrected chi connectivity index (χ2v) is 5.41. The minimum Gasteiger partial charge on any atom is -0.460 e. The molecule has 0 aliphatic carbocycles. The van der Waals surface area contributed by atoms with Crippen LogP contribution in [-0.2, 0) is 22.3 Å². The maximum absolute atomic E-state index is 5.92. The Morgan fingerprint density at radius 2 is 2.19 bits per heavy atom. The van der Waals surface area contributed by atoms with E-state index in [1.807, 2.05) is 24.3 Å². The third-order valence-corrected chi connectivity index (χ3v) is 3.91. The van der Waals surface area contributed by atoms with Crippen LogP contribution in [0.3, 0.4) is 0 Å². The smallest absolute Gasteiger partial charge is 0.157 e. The number of rotatable bonds is 6. The standard InChI is InChI=1S/C18H22O3/c1-2-7-16-15(14-8-3-4-9-17(14)21-16)11-13-20-18-10-5-6-12-19-18/h2-4,8-9,18H,1,5-7,10-13H2. The van der Waals surface area contributed by atoms with Crippen molar-refractivity contribution in [2.75, 3.05) is 13.2 Å². The molecule has 3 nitrogen and oxygen atoms in total. The minimum atomic E-state index is -0.0280. The van der Waals surface area contributed by atoms with Crippen molar-refractivity contribution in [3.8, 4) is 0 Å². The van der Waals surface area contributed by atoms with Crippen molar-refractivity contribution in [3.63, 3.8) is 0 Å². The molecule has 0 radical (unpaired) electrons. The first-order valence-corrected chi connectivity index (χ1v) is 7.72. The van der Waals surface area contributed by atoms with Crippen molar-refractivity contribution < 1.29 is 13.9 Å². The van der Waals surface area contributed by atoms with E-state index in [1.54, 1.807) is 0 Å². The lowest BCUT2D eigenvalue weighted by Gasteiger charge is -2.22. The molecule has 0 bridgehead atoms. The van der Waals surface area contributed by atoms with Crippen molar-refractivity contribution in [2.45, 2.75) is 38.4 Å². The summed E-state index contributed by atoms with van der Waals surface area (Å²) in [6, 6.07) is 8.16. The summed E-state index contributed by atoms with van der Waals surface area (Å²) in [5.41, 5.74) is 2.18. The molecule has 1 aliphatic heterocycles. The van der Waals surface area contributed by atoms with Crippen LogP contribution in [0.4, 0.5) is 0 Å². The maximum Gasteiger partial charge on any atom is 0.157 e. The number of fused-ring (bicyclic) bond motifs is 1. The third kappa shape index (κ3) is 3.36. The average Bonchev–Trinajstić information content (AvgIpc) is 2.87. The molecule has 1 fully saturated rings. The van der Waals surface area contributed by atoms with E-state index in [2.05, 4.69) is 12.6 Å². The number of benzene rings is 1. The van der Waals surface area contributed by atoms with E-state index in [1.165, 1.54) is 17.4 Å². The van der Waals surface area contributed by atoms with Crippen molar-refractivity contribution in [1.29, 1.82) is 0 Å². The Morgan fingerprint density at radius 1 is 1.29 bits per heavy atom. The van der Waals surface area contributed by atoms with Gasteiger partial charge in [-0.25, -0.2) is 0 Å². The van der Waals surface area contributed by atoms with Gasteiger partial charge in [0, 0.05) is 24.0 Å². The summed E-state index contributed by atoms with van der Waals surface area (Å²) in [7, 11) is 0. The highest BCUT2D eigenvalue weighted by molar-refractivity contribution is 5.82. The molecule has 2 aromatic rings.